The lowest BCUT2D eigenvalue weighted by Crippen LogP contribution is -2.47. The summed E-state index contributed by atoms with van der Waals surface area (Å²) in [5.41, 5.74) is 3.86. The van der Waals surface area contributed by atoms with Crippen LogP contribution in [0.1, 0.15) is 24.1 Å². The van der Waals surface area contributed by atoms with Crippen molar-refractivity contribution in [1.82, 2.24) is 15.3 Å². The molecule has 2 aromatic rings. The maximum atomic E-state index is 11.5. The number of anilines is 2. The molecule has 0 spiro atoms. The zero-order valence-electron chi connectivity index (χ0n) is 16.5. The molecule has 0 radical (unpaired) electrons. The number of ether oxygens (including phenoxy) is 2. The van der Waals surface area contributed by atoms with Gasteiger partial charge in [-0.15, -0.1) is 0 Å². The fraction of sp³-hybridized carbons (Fsp3) is 0.476. The Labute approximate surface area is 169 Å². The van der Waals surface area contributed by atoms with E-state index in [2.05, 4.69) is 15.5 Å². The number of hydrogen-bond donors (Lipinski definition) is 2. The van der Waals surface area contributed by atoms with E-state index in [-0.39, 0.29) is 6.03 Å². The number of amides is 2. The number of nitrogens with zero attached hydrogens (tertiary/aromatic N) is 3. The minimum atomic E-state index is -0.243. The van der Waals surface area contributed by atoms with Gasteiger partial charge in [0, 0.05) is 30.3 Å². The van der Waals surface area contributed by atoms with Crippen LogP contribution in [0.3, 0.4) is 0 Å². The standard InChI is InChI=1S/C21H25N5O3/c1-22-21(27)23-14-4-2-13(3-5-14)19-24-18-8-9-28-12-17(18)20(25-19)26-15-6-7-16(26)11-29-10-15/h2-5,15-16H,6-12H2,1H3,(H2,22,23,27). The number of hydrogen-bond acceptors (Lipinski definition) is 6. The molecule has 2 unspecified atom stereocenters. The quantitative estimate of drug-likeness (QED) is 0.829. The Morgan fingerprint density at radius 2 is 1.86 bits per heavy atom. The Balaban J connectivity index is 1.52. The minimum absolute atomic E-state index is 0.243. The maximum Gasteiger partial charge on any atom is 0.318 e. The van der Waals surface area contributed by atoms with E-state index in [4.69, 9.17) is 19.4 Å². The molecule has 2 amide bonds. The fourth-order valence-electron chi connectivity index (χ4n) is 4.43. The number of urea groups is 1. The van der Waals surface area contributed by atoms with Crippen LogP contribution in [0.5, 0.6) is 0 Å². The smallest absolute Gasteiger partial charge is 0.318 e. The van der Waals surface area contributed by atoms with Crippen molar-refractivity contribution in [2.75, 3.05) is 37.1 Å². The van der Waals surface area contributed by atoms with Gasteiger partial charge in [0.05, 0.1) is 44.2 Å². The zero-order chi connectivity index (χ0) is 19.8. The number of carbonyl (C=O) groups is 1. The predicted octanol–water partition coefficient (Wildman–Crippen LogP) is 2.34. The molecule has 2 atom stereocenters. The Morgan fingerprint density at radius 1 is 1.10 bits per heavy atom. The summed E-state index contributed by atoms with van der Waals surface area (Å²) < 4.78 is 11.5. The molecule has 2 saturated heterocycles. The first-order valence-electron chi connectivity index (χ1n) is 10.2. The number of benzene rings is 1. The van der Waals surface area contributed by atoms with Crippen molar-refractivity contribution in [1.29, 1.82) is 0 Å². The molecule has 4 heterocycles. The second kappa shape index (κ2) is 7.61. The van der Waals surface area contributed by atoms with Crippen molar-refractivity contribution in [3.8, 4) is 11.4 Å². The van der Waals surface area contributed by atoms with Crippen molar-refractivity contribution in [3.63, 3.8) is 0 Å². The summed E-state index contributed by atoms with van der Waals surface area (Å²) >= 11 is 0. The number of fused-ring (bicyclic) bond motifs is 3. The van der Waals surface area contributed by atoms with E-state index >= 15 is 0 Å². The van der Waals surface area contributed by atoms with Gasteiger partial charge in [-0.1, -0.05) is 0 Å². The molecule has 152 valence electrons. The Kier molecular flexibility index (Phi) is 4.81. The van der Waals surface area contributed by atoms with Crippen molar-refractivity contribution < 1.29 is 14.3 Å². The molecule has 5 rings (SSSR count). The van der Waals surface area contributed by atoms with Crippen LogP contribution < -0.4 is 15.5 Å². The number of rotatable bonds is 3. The number of aromatic nitrogens is 2. The third-order valence-electron chi connectivity index (χ3n) is 5.91. The van der Waals surface area contributed by atoms with Gasteiger partial charge in [0.25, 0.3) is 0 Å². The first-order valence-corrected chi connectivity index (χ1v) is 10.2. The van der Waals surface area contributed by atoms with Crippen molar-refractivity contribution in [3.05, 3.63) is 35.5 Å². The highest BCUT2D eigenvalue weighted by Gasteiger charge is 2.40. The topological polar surface area (TPSA) is 88.6 Å². The van der Waals surface area contributed by atoms with Crippen LogP contribution in [0.25, 0.3) is 11.4 Å². The molecule has 29 heavy (non-hydrogen) atoms. The van der Waals surface area contributed by atoms with E-state index in [1.54, 1.807) is 7.05 Å². The van der Waals surface area contributed by atoms with Crippen molar-refractivity contribution in [2.24, 2.45) is 0 Å². The van der Waals surface area contributed by atoms with E-state index in [1.165, 1.54) is 0 Å². The molecular formula is C21H25N5O3. The van der Waals surface area contributed by atoms with E-state index in [0.29, 0.717) is 25.3 Å². The van der Waals surface area contributed by atoms with Gasteiger partial charge in [0.15, 0.2) is 5.82 Å². The van der Waals surface area contributed by atoms with Crippen LogP contribution in [-0.2, 0) is 22.5 Å². The van der Waals surface area contributed by atoms with Crippen LogP contribution in [0, 0.1) is 0 Å². The van der Waals surface area contributed by atoms with Gasteiger partial charge in [-0.3, -0.25) is 0 Å². The average Bonchev–Trinajstić information content (AvgIpc) is 3.01. The third kappa shape index (κ3) is 3.42. The SMILES string of the molecule is CNC(=O)Nc1ccc(-c2nc3c(c(N4C5CCC4COC5)n2)COCC3)cc1. The van der Waals surface area contributed by atoms with Gasteiger partial charge in [0.1, 0.15) is 5.82 Å². The second-order valence-electron chi connectivity index (χ2n) is 7.71. The van der Waals surface area contributed by atoms with Gasteiger partial charge >= 0.3 is 6.03 Å². The van der Waals surface area contributed by atoms with Gasteiger partial charge in [-0.25, -0.2) is 14.8 Å². The van der Waals surface area contributed by atoms with Gasteiger partial charge < -0.3 is 25.0 Å². The molecule has 0 aliphatic carbocycles. The van der Waals surface area contributed by atoms with Crippen molar-refractivity contribution in [2.45, 2.75) is 38.0 Å². The molecule has 3 aliphatic heterocycles. The predicted molar refractivity (Wildman–Crippen MR) is 109 cm³/mol. The highest BCUT2D eigenvalue weighted by Crippen LogP contribution is 2.37. The largest absolute Gasteiger partial charge is 0.377 e. The third-order valence-corrected chi connectivity index (χ3v) is 5.91. The highest BCUT2D eigenvalue weighted by molar-refractivity contribution is 5.89. The van der Waals surface area contributed by atoms with Gasteiger partial charge in [-0.05, 0) is 37.1 Å². The van der Waals surface area contributed by atoms with E-state index in [1.807, 2.05) is 24.3 Å². The summed E-state index contributed by atoms with van der Waals surface area (Å²) in [5.74, 6) is 1.73. The first kappa shape index (κ1) is 18.3. The summed E-state index contributed by atoms with van der Waals surface area (Å²) in [6.45, 7) is 2.77. The van der Waals surface area contributed by atoms with Crippen LogP contribution >= 0.6 is 0 Å². The molecular weight excluding hydrogens is 370 g/mol. The number of nitrogens with one attached hydrogen (secondary N) is 2. The van der Waals surface area contributed by atoms with Gasteiger partial charge in [-0.2, -0.15) is 0 Å². The number of carbonyl (C=O) groups excluding carboxylic acids is 1. The first-order chi connectivity index (χ1) is 14.2. The molecule has 3 aliphatic rings. The zero-order valence-corrected chi connectivity index (χ0v) is 16.5. The molecule has 2 fully saturated rings. The molecule has 8 heteroatoms. The van der Waals surface area contributed by atoms with Crippen LogP contribution in [0.4, 0.5) is 16.3 Å². The number of morpholine rings is 1. The summed E-state index contributed by atoms with van der Waals surface area (Å²) in [4.78, 5) is 23.8. The lowest BCUT2D eigenvalue weighted by Gasteiger charge is -2.37. The molecule has 8 nitrogen and oxygen atoms in total. The maximum absolute atomic E-state index is 11.5. The van der Waals surface area contributed by atoms with Crippen LogP contribution in [0.15, 0.2) is 24.3 Å². The summed E-state index contributed by atoms with van der Waals surface area (Å²) in [6.07, 6.45) is 3.08. The van der Waals surface area contributed by atoms with E-state index < -0.39 is 0 Å². The Bertz CT molecular complexity index is 901. The second-order valence-corrected chi connectivity index (χ2v) is 7.71. The highest BCUT2D eigenvalue weighted by atomic mass is 16.5. The molecule has 1 aromatic heterocycles. The lowest BCUT2D eigenvalue weighted by molar-refractivity contribution is 0.0879. The fourth-order valence-corrected chi connectivity index (χ4v) is 4.43. The minimum Gasteiger partial charge on any atom is -0.377 e. The summed E-state index contributed by atoms with van der Waals surface area (Å²) in [6, 6.07) is 8.15. The van der Waals surface area contributed by atoms with Gasteiger partial charge in [0.2, 0.25) is 0 Å². The molecule has 0 saturated carbocycles. The van der Waals surface area contributed by atoms with Crippen LogP contribution in [0.2, 0.25) is 0 Å². The normalized spacial score (nSPS) is 22.9. The van der Waals surface area contributed by atoms with E-state index in [0.717, 1.165) is 66.6 Å². The van der Waals surface area contributed by atoms with Crippen molar-refractivity contribution >= 4 is 17.5 Å². The van der Waals surface area contributed by atoms with E-state index in [9.17, 15) is 4.79 Å². The molecule has 1 aromatic carbocycles. The summed E-state index contributed by atoms with van der Waals surface area (Å²) in [5, 5.41) is 5.32. The van der Waals surface area contributed by atoms with Crippen LogP contribution in [-0.4, -0.2) is 55.0 Å². The lowest BCUT2D eigenvalue weighted by atomic mass is 10.1. The molecule has 2 N–H and O–H groups in total. The Morgan fingerprint density at radius 3 is 2.59 bits per heavy atom. The average molecular weight is 395 g/mol. The summed E-state index contributed by atoms with van der Waals surface area (Å²) in [7, 11) is 1.59. The monoisotopic (exact) mass is 395 g/mol. The molecule has 2 bridgehead atoms. The Hall–Kier alpha value is -2.71.